The molecule has 39 heavy (non-hydrogen) atoms. The number of phenols is 1. The molecule has 1 atom stereocenters. The summed E-state index contributed by atoms with van der Waals surface area (Å²) in [4.78, 5) is 0.887. The first-order valence-electron chi connectivity index (χ1n) is 13.4. The summed E-state index contributed by atoms with van der Waals surface area (Å²) in [6.07, 6.45) is 2.07. The number of thioether (sulfide) groups is 1. The monoisotopic (exact) mass is 560 g/mol. The zero-order chi connectivity index (χ0) is 28.4. The van der Waals surface area contributed by atoms with E-state index < -0.39 is 12.2 Å². The highest BCUT2D eigenvalue weighted by atomic mass is 32.2. The number of hydrogen-bond donors (Lipinski definition) is 1. The molecule has 3 aromatic rings. The van der Waals surface area contributed by atoms with Gasteiger partial charge in [0.1, 0.15) is 17.3 Å². The van der Waals surface area contributed by atoms with Crippen LogP contribution < -0.4 is 4.74 Å². The van der Waals surface area contributed by atoms with Gasteiger partial charge in [0.15, 0.2) is 0 Å². The summed E-state index contributed by atoms with van der Waals surface area (Å²) in [5.74, 6) is 0.712. The Hall–Kier alpha value is -2.93. The lowest BCUT2D eigenvalue weighted by Gasteiger charge is -2.25. The van der Waals surface area contributed by atoms with Gasteiger partial charge < -0.3 is 9.84 Å². The van der Waals surface area contributed by atoms with Crippen LogP contribution in [0.4, 0.5) is 17.6 Å². The van der Waals surface area contributed by atoms with Crippen molar-refractivity contribution in [2.24, 2.45) is 0 Å². The van der Waals surface area contributed by atoms with E-state index in [1.807, 2.05) is 37.3 Å². The summed E-state index contributed by atoms with van der Waals surface area (Å²) in [7, 11) is 0. The van der Waals surface area contributed by atoms with Crippen molar-refractivity contribution in [3.63, 3.8) is 0 Å². The minimum absolute atomic E-state index is 0.155. The Labute approximate surface area is 233 Å². The SMILES string of the molecule is CCCC(CC)Oc1ccc(C2=C(c3ccc(C(F)F)cc3F)CSc3cc(O)ccc32)cc1.CCCCF. The molecule has 210 valence electrons. The molecule has 0 saturated heterocycles. The predicted octanol–water partition coefficient (Wildman–Crippen LogP) is 10.2. The lowest BCUT2D eigenvalue weighted by Crippen LogP contribution is -2.14. The largest absolute Gasteiger partial charge is 0.508 e. The van der Waals surface area contributed by atoms with Crippen LogP contribution >= 0.6 is 11.8 Å². The molecule has 1 aliphatic rings. The van der Waals surface area contributed by atoms with Crippen molar-refractivity contribution in [1.82, 2.24) is 0 Å². The molecule has 0 aliphatic carbocycles. The first-order valence-corrected chi connectivity index (χ1v) is 14.4. The van der Waals surface area contributed by atoms with Crippen LogP contribution in [0.25, 0.3) is 11.1 Å². The summed E-state index contributed by atoms with van der Waals surface area (Å²) >= 11 is 1.49. The first-order chi connectivity index (χ1) is 18.8. The van der Waals surface area contributed by atoms with Gasteiger partial charge in [-0.3, -0.25) is 4.39 Å². The number of aromatic hydroxyl groups is 1. The van der Waals surface area contributed by atoms with Gasteiger partial charge in [0.25, 0.3) is 6.43 Å². The topological polar surface area (TPSA) is 29.5 Å². The molecule has 1 unspecified atom stereocenters. The third-order valence-electron chi connectivity index (χ3n) is 6.48. The fraction of sp³-hybridized carbons (Fsp3) is 0.375. The van der Waals surface area contributed by atoms with Crippen LogP contribution in [0.3, 0.4) is 0 Å². The fourth-order valence-corrected chi connectivity index (χ4v) is 5.50. The molecular formula is C32H36F4O2S. The maximum atomic E-state index is 15.0. The highest BCUT2D eigenvalue weighted by Crippen LogP contribution is 2.46. The number of benzene rings is 3. The number of phenolic OH excluding ortho intramolecular Hbond substituents is 1. The van der Waals surface area contributed by atoms with E-state index in [0.29, 0.717) is 11.3 Å². The second kappa shape index (κ2) is 15.0. The van der Waals surface area contributed by atoms with Gasteiger partial charge in [0.05, 0.1) is 12.8 Å². The zero-order valence-corrected chi connectivity index (χ0v) is 23.5. The Bertz CT molecular complexity index is 1240. The van der Waals surface area contributed by atoms with Crippen molar-refractivity contribution in [3.05, 3.63) is 88.7 Å². The second-order valence-electron chi connectivity index (χ2n) is 9.37. The summed E-state index contributed by atoms with van der Waals surface area (Å²) in [5, 5.41) is 9.97. The molecule has 7 heteroatoms. The highest BCUT2D eigenvalue weighted by molar-refractivity contribution is 7.99. The van der Waals surface area contributed by atoms with Gasteiger partial charge in [-0.05, 0) is 77.9 Å². The second-order valence-corrected chi connectivity index (χ2v) is 10.4. The molecular weight excluding hydrogens is 524 g/mol. The van der Waals surface area contributed by atoms with Crippen LogP contribution in [-0.2, 0) is 0 Å². The van der Waals surface area contributed by atoms with E-state index >= 15 is 4.39 Å². The molecule has 0 radical (unpaired) electrons. The minimum atomic E-state index is -2.73. The number of unbranched alkanes of at least 4 members (excludes halogenated alkanes) is 1. The Morgan fingerprint density at radius 3 is 2.21 bits per heavy atom. The quantitative estimate of drug-likeness (QED) is 0.250. The van der Waals surface area contributed by atoms with Crippen molar-refractivity contribution in [3.8, 4) is 11.5 Å². The Kier molecular flexibility index (Phi) is 11.8. The van der Waals surface area contributed by atoms with Gasteiger partial charge in [-0.1, -0.05) is 57.9 Å². The maximum Gasteiger partial charge on any atom is 0.263 e. The van der Waals surface area contributed by atoms with Gasteiger partial charge in [0, 0.05) is 21.8 Å². The molecule has 1 heterocycles. The first kappa shape index (κ1) is 30.6. The van der Waals surface area contributed by atoms with E-state index in [1.54, 1.807) is 12.1 Å². The molecule has 1 N–H and O–H groups in total. The van der Waals surface area contributed by atoms with Gasteiger partial charge in [-0.2, -0.15) is 0 Å². The molecule has 0 amide bonds. The third kappa shape index (κ3) is 8.04. The van der Waals surface area contributed by atoms with E-state index in [2.05, 4.69) is 13.8 Å². The number of rotatable bonds is 10. The molecule has 0 saturated carbocycles. The van der Waals surface area contributed by atoms with Crippen molar-refractivity contribution < 1.29 is 27.4 Å². The number of halogens is 4. The Balaban J connectivity index is 0.000000771. The van der Waals surface area contributed by atoms with E-state index in [-0.39, 0.29) is 24.1 Å². The van der Waals surface area contributed by atoms with Crippen LogP contribution in [-0.4, -0.2) is 23.6 Å². The van der Waals surface area contributed by atoms with E-state index in [0.717, 1.165) is 71.1 Å². The summed E-state index contributed by atoms with van der Waals surface area (Å²) in [5.41, 5.74) is 3.26. The van der Waals surface area contributed by atoms with E-state index in [4.69, 9.17) is 4.74 Å². The van der Waals surface area contributed by atoms with Crippen LogP contribution in [0.15, 0.2) is 65.6 Å². The number of hydrogen-bond acceptors (Lipinski definition) is 3. The number of alkyl halides is 3. The van der Waals surface area contributed by atoms with Crippen molar-refractivity contribution in [2.45, 2.75) is 70.3 Å². The lowest BCUT2D eigenvalue weighted by atomic mass is 9.89. The van der Waals surface area contributed by atoms with Crippen molar-refractivity contribution >= 4 is 22.9 Å². The van der Waals surface area contributed by atoms with E-state index in [1.165, 1.54) is 23.9 Å². The molecule has 0 spiro atoms. The average Bonchev–Trinajstić information content (AvgIpc) is 2.93. The molecule has 1 aliphatic heterocycles. The summed E-state index contributed by atoms with van der Waals surface area (Å²) in [6, 6.07) is 16.5. The molecule has 2 nitrogen and oxygen atoms in total. The predicted molar refractivity (Wildman–Crippen MR) is 153 cm³/mol. The molecule has 0 aromatic heterocycles. The Morgan fingerprint density at radius 1 is 0.923 bits per heavy atom. The van der Waals surface area contributed by atoms with Crippen molar-refractivity contribution in [2.75, 3.05) is 12.4 Å². The molecule has 3 aromatic carbocycles. The smallest absolute Gasteiger partial charge is 0.263 e. The summed E-state index contributed by atoms with van der Waals surface area (Å²) in [6.45, 7) is 6.05. The highest BCUT2D eigenvalue weighted by Gasteiger charge is 2.25. The average molecular weight is 561 g/mol. The van der Waals surface area contributed by atoms with Crippen LogP contribution in [0.2, 0.25) is 0 Å². The van der Waals surface area contributed by atoms with Crippen molar-refractivity contribution in [1.29, 1.82) is 0 Å². The molecule has 0 fully saturated rings. The normalized spacial score (nSPS) is 13.5. The number of ether oxygens (including phenoxy) is 1. The zero-order valence-electron chi connectivity index (χ0n) is 22.7. The maximum absolute atomic E-state index is 15.0. The summed E-state index contributed by atoms with van der Waals surface area (Å²) < 4.78 is 58.3. The van der Waals surface area contributed by atoms with Gasteiger partial charge in [0.2, 0.25) is 0 Å². The van der Waals surface area contributed by atoms with Gasteiger partial charge in [-0.25, -0.2) is 13.2 Å². The third-order valence-corrected chi connectivity index (χ3v) is 7.56. The lowest BCUT2D eigenvalue weighted by molar-refractivity contribution is 0.151. The standard InChI is InChI=1S/C28H27F3O2S.C4H9F/c1-3-5-20(4-2)33-21-10-6-17(7-11-21)27-23-13-9-19(32)15-26(23)34-16-24(27)22-12-8-18(28(30)31)14-25(22)29;1-2-3-4-5/h6-15,20,28,32H,3-5,16H2,1-2H3;2-4H2,1H3. The molecule has 0 bridgehead atoms. The minimum Gasteiger partial charge on any atom is -0.508 e. The van der Waals surface area contributed by atoms with Crippen LogP contribution in [0.5, 0.6) is 11.5 Å². The Morgan fingerprint density at radius 2 is 1.64 bits per heavy atom. The number of fused-ring (bicyclic) bond motifs is 1. The fourth-order valence-electron chi connectivity index (χ4n) is 4.37. The van der Waals surface area contributed by atoms with Crippen LogP contribution in [0, 0.1) is 5.82 Å². The van der Waals surface area contributed by atoms with Gasteiger partial charge in [-0.15, -0.1) is 11.8 Å². The van der Waals surface area contributed by atoms with E-state index in [9.17, 15) is 18.3 Å². The van der Waals surface area contributed by atoms with Gasteiger partial charge >= 0.3 is 0 Å². The molecule has 4 rings (SSSR count). The van der Waals surface area contributed by atoms with Crippen LogP contribution in [0.1, 0.15) is 81.6 Å².